The fraction of sp³-hybridized carbons (Fsp3) is 0.370. The summed E-state index contributed by atoms with van der Waals surface area (Å²) >= 11 is 0. The predicted octanol–water partition coefficient (Wildman–Crippen LogP) is 4.22. The number of pyridine rings is 2. The lowest BCUT2D eigenvalue weighted by atomic mass is 9.88. The van der Waals surface area contributed by atoms with Gasteiger partial charge < -0.3 is 16.2 Å². The van der Waals surface area contributed by atoms with Gasteiger partial charge in [-0.15, -0.1) is 0 Å². The monoisotopic (exact) mass is 459 g/mol. The van der Waals surface area contributed by atoms with Crippen molar-refractivity contribution in [3.8, 4) is 0 Å². The number of carbonyl (C=O) groups is 1. The zero-order chi connectivity index (χ0) is 24.1. The molecule has 0 unspecified atom stereocenters. The van der Waals surface area contributed by atoms with E-state index in [1.165, 1.54) is 11.1 Å². The number of amides is 2. The van der Waals surface area contributed by atoms with Crippen LogP contribution in [0.2, 0.25) is 0 Å². The standard InChI is InChI=1S/C27H33N5O2/c1-18-6-4-12-29-25(18)23-8-3-9-24(26-19(2)7-5-13-30-26)32(23)16-21-11-10-20(17-33)14-22(21)15-31-27(28)34/h4-7,10-14,23-24,33H,3,8-9,15-17H2,1-2H3,(H3,28,31,34)/t23-,24+. The highest BCUT2D eigenvalue weighted by Gasteiger charge is 2.35. The van der Waals surface area contributed by atoms with Gasteiger partial charge in [0.25, 0.3) is 0 Å². The Morgan fingerprint density at radius 1 is 1.03 bits per heavy atom. The number of benzene rings is 1. The molecule has 1 saturated heterocycles. The van der Waals surface area contributed by atoms with Gasteiger partial charge in [-0.25, -0.2) is 4.79 Å². The Labute approximate surface area is 201 Å². The van der Waals surface area contributed by atoms with Crippen LogP contribution in [0.3, 0.4) is 0 Å². The topological polar surface area (TPSA) is 104 Å². The van der Waals surface area contributed by atoms with Crippen LogP contribution < -0.4 is 11.1 Å². The molecule has 34 heavy (non-hydrogen) atoms. The number of likely N-dealkylation sites (tertiary alicyclic amines) is 1. The SMILES string of the molecule is Cc1cccnc1[C@H]1CCC[C@@H](c2ncccc2C)N1Cc1ccc(CO)cc1CNC(N)=O. The van der Waals surface area contributed by atoms with Gasteiger partial charge in [0.1, 0.15) is 0 Å². The van der Waals surface area contributed by atoms with E-state index < -0.39 is 6.03 Å². The number of hydrogen-bond acceptors (Lipinski definition) is 5. The second-order valence-electron chi connectivity index (χ2n) is 9.02. The van der Waals surface area contributed by atoms with E-state index in [0.29, 0.717) is 13.1 Å². The van der Waals surface area contributed by atoms with Crippen LogP contribution in [0.5, 0.6) is 0 Å². The minimum absolute atomic E-state index is 0.0565. The van der Waals surface area contributed by atoms with Crippen molar-refractivity contribution in [1.29, 1.82) is 0 Å². The summed E-state index contributed by atoms with van der Waals surface area (Å²) in [5, 5.41) is 12.4. The van der Waals surface area contributed by atoms with E-state index in [4.69, 9.17) is 15.7 Å². The number of nitrogens with zero attached hydrogens (tertiary/aromatic N) is 3. The van der Waals surface area contributed by atoms with E-state index in [0.717, 1.165) is 47.3 Å². The smallest absolute Gasteiger partial charge is 0.312 e. The molecule has 0 bridgehead atoms. The Balaban J connectivity index is 1.77. The molecule has 2 aromatic heterocycles. The van der Waals surface area contributed by atoms with E-state index in [-0.39, 0.29) is 18.7 Å². The highest BCUT2D eigenvalue weighted by atomic mass is 16.3. The van der Waals surface area contributed by atoms with Crippen molar-refractivity contribution in [2.24, 2.45) is 5.73 Å². The van der Waals surface area contributed by atoms with Crippen LogP contribution in [-0.4, -0.2) is 26.0 Å². The van der Waals surface area contributed by atoms with E-state index in [1.54, 1.807) is 0 Å². The van der Waals surface area contributed by atoms with Gasteiger partial charge in [0.05, 0.1) is 30.1 Å². The quantitative estimate of drug-likeness (QED) is 0.491. The minimum Gasteiger partial charge on any atom is -0.392 e. The van der Waals surface area contributed by atoms with Crippen molar-refractivity contribution in [1.82, 2.24) is 20.2 Å². The predicted molar refractivity (Wildman–Crippen MR) is 132 cm³/mol. The van der Waals surface area contributed by atoms with E-state index in [9.17, 15) is 9.90 Å². The molecule has 1 aliphatic heterocycles. The Hall–Kier alpha value is -3.29. The number of aryl methyl sites for hydroxylation is 2. The number of primary amides is 1. The van der Waals surface area contributed by atoms with E-state index in [1.807, 2.05) is 42.7 Å². The number of urea groups is 1. The third-order valence-corrected chi connectivity index (χ3v) is 6.75. The largest absolute Gasteiger partial charge is 0.392 e. The zero-order valence-corrected chi connectivity index (χ0v) is 19.9. The van der Waals surface area contributed by atoms with Crippen molar-refractivity contribution in [3.05, 3.63) is 94.1 Å². The van der Waals surface area contributed by atoms with Crippen LogP contribution in [0.1, 0.15) is 70.6 Å². The summed E-state index contributed by atoms with van der Waals surface area (Å²) in [6, 6.07) is 13.9. The minimum atomic E-state index is -0.567. The number of piperidine rings is 1. The highest BCUT2D eigenvalue weighted by Crippen LogP contribution is 2.43. The molecular weight excluding hydrogens is 426 g/mol. The fourth-order valence-corrected chi connectivity index (χ4v) is 5.03. The molecule has 3 aromatic rings. The third-order valence-electron chi connectivity index (χ3n) is 6.75. The molecule has 0 aliphatic carbocycles. The summed E-state index contributed by atoms with van der Waals surface area (Å²) in [6.07, 6.45) is 6.87. The number of nitrogens with two attached hydrogens (primary N) is 1. The molecule has 4 rings (SSSR count). The molecule has 1 aliphatic rings. The van der Waals surface area contributed by atoms with E-state index >= 15 is 0 Å². The molecule has 2 amide bonds. The van der Waals surface area contributed by atoms with Crippen LogP contribution in [0.4, 0.5) is 4.79 Å². The first-order valence-corrected chi connectivity index (χ1v) is 11.8. The Bertz CT molecular complexity index is 1100. The number of aliphatic hydroxyl groups is 1. The fourth-order valence-electron chi connectivity index (χ4n) is 5.03. The lowest BCUT2D eigenvalue weighted by molar-refractivity contribution is 0.0675. The molecule has 4 N–H and O–H groups in total. The lowest BCUT2D eigenvalue weighted by Crippen LogP contribution is -2.38. The molecule has 7 heteroatoms. The van der Waals surface area contributed by atoms with Gasteiger partial charge in [-0.1, -0.05) is 30.3 Å². The molecule has 3 heterocycles. The van der Waals surface area contributed by atoms with E-state index in [2.05, 4.69) is 36.2 Å². The first-order chi connectivity index (χ1) is 16.5. The van der Waals surface area contributed by atoms with Crippen molar-refractivity contribution < 1.29 is 9.90 Å². The second kappa shape index (κ2) is 10.8. The molecule has 0 radical (unpaired) electrons. The van der Waals surface area contributed by atoms with Gasteiger partial charge in [0.2, 0.25) is 0 Å². The number of rotatable bonds is 7. The summed E-state index contributed by atoms with van der Waals surface area (Å²) in [5.74, 6) is 0. The van der Waals surface area contributed by atoms with Crippen LogP contribution in [0.25, 0.3) is 0 Å². The summed E-state index contributed by atoms with van der Waals surface area (Å²) in [5.41, 5.74) is 12.8. The average Bonchev–Trinajstić information content (AvgIpc) is 2.84. The highest BCUT2D eigenvalue weighted by molar-refractivity contribution is 5.71. The van der Waals surface area contributed by atoms with Crippen LogP contribution >= 0.6 is 0 Å². The number of aromatic nitrogens is 2. The molecule has 0 spiro atoms. The number of carbonyl (C=O) groups excluding carboxylic acids is 1. The summed E-state index contributed by atoms with van der Waals surface area (Å²) in [6.45, 7) is 5.16. The molecular formula is C27H33N5O2. The van der Waals surface area contributed by atoms with Gasteiger partial charge in [0.15, 0.2) is 0 Å². The van der Waals surface area contributed by atoms with Gasteiger partial charge in [0, 0.05) is 25.5 Å². The van der Waals surface area contributed by atoms with Gasteiger partial charge in [-0.3, -0.25) is 14.9 Å². The third kappa shape index (κ3) is 5.26. The first kappa shape index (κ1) is 23.9. The second-order valence-corrected chi connectivity index (χ2v) is 9.02. The summed E-state index contributed by atoms with van der Waals surface area (Å²) in [7, 11) is 0. The van der Waals surface area contributed by atoms with Crippen molar-refractivity contribution >= 4 is 6.03 Å². The molecule has 1 fully saturated rings. The molecule has 1 aromatic carbocycles. The van der Waals surface area contributed by atoms with Crippen molar-refractivity contribution in [2.75, 3.05) is 0 Å². The molecule has 2 atom stereocenters. The van der Waals surface area contributed by atoms with Crippen LogP contribution in [0.15, 0.2) is 54.9 Å². The molecule has 7 nitrogen and oxygen atoms in total. The Kier molecular flexibility index (Phi) is 7.55. The molecule has 0 saturated carbocycles. The first-order valence-electron chi connectivity index (χ1n) is 11.8. The molecule has 178 valence electrons. The maximum absolute atomic E-state index is 11.4. The van der Waals surface area contributed by atoms with Gasteiger partial charge >= 0.3 is 6.03 Å². The maximum atomic E-state index is 11.4. The van der Waals surface area contributed by atoms with Crippen molar-refractivity contribution in [3.63, 3.8) is 0 Å². The van der Waals surface area contributed by atoms with Crippen molar-refractivity contribution in [2.45, 2.75) is 64.9 Å². The van der Waals surface area contributed by atoms with Gasteiger partial charge in [-0.2, -0.15) is 0 Å². The maximum Gasteiger partial charge on any atom is 0.312 e. The summed E-state index contributed by atoms with van der Waals surface area (Å²) in [4.78, 5) is 23.5. The van der Waals surface area contributed by atoms with Gasteiger partial charge in [-0.05, 0) is 73.1 Å². The van der Waals surface area contributed by atoms with Crippen LogP contribution in [-0.2, 0) is 19.7 Å². The Morgan fingerprint density at radius 3 is 2.18 bits per heavy atom. The number of nitrogens with one attached hydrogen (secondary N) is 1. The Morgan fingerprint density at radius 2 is 1.65 bits per heavy atom. The van der Waals surface area contributed by atoms with Crippen LogP contribution in [0, 0.1) is 13.8 Å². The summed E-state index contributed by atoms with van der Waals surface area (Å²) < 4.78 is 0. The lowest BCUT2D eigenvalue weighted by Gasteiger charge is -2.43. The zero-order valence-electron chi connectivity index (χ0n) is 19.9. The average molecular weight is 460 g/mol. The number of aliphatic hydroxyl groups excluding tert-OH is 1. The normalized spacial score (nSPS) is 18.6. The number of hydrogen-bond donors (Lipinski definition) is 3.